The summed E-state index contributed by atoms with van der Waals surface area (Å²) in [6.07, 6.45) is 4.02. The molecule has 6 nitrogen and oxygen atoms in total. The Morgan fingerprint density at radius 3 is 1.67 bits per heavy atom. The van der Waals surface area contributed by atoms with Crippen molar-refractivity contribution in [3.05, 3.63) is 14.9 Å². The van der Waals surface area contributed by atoms with Crippen LogP contribution in [0.2, 0.25) is 0 Å². The molecule has 0 aromatic heterocycles. The molecular formula is C15H36CoO6P2. The fraction of sp³-hybridized carbons (Fsp3) is 0.867. The maximum atomic E-state index is 10.9. The van der Waals surface area contributed by atoms with E-state index in [1.807, 2.05) is 13.8 Å². The van der Waals surface area contributed by atoms with E-state index in [0.29, 0.717) is 26.4 Å². The smallest absolute Gasteiger partial charge is 0.358 e. The van der Waals surface area contributed by atoms with Crippen molar-refractivity contribution < 1.29 is 44.0 Å². The first-order valence-electron chi connectivity index (χ1n) is 7.50. The van der Waals surface area contributed by atoms with Crippen molar-refractivity contribution in [1.29, 1.82) is 0 Å². The molecule has 1 fully saturated rings. The Labute approximate surface area is 160 Å². The SMILES string of the molecule is CC1(C)CO[PH](=O)OC1.CCCCO[PH](=O)OCCCC.[CH3-].[CH3-].[Co+2]. The van der Waals surface area contributed by atoms with Gasteiger partial charge in [0.25, 0.3) is 0 Å². The second-order valence-corrected chi connectivity index (χ2v) is 7.80. The third kappa shape index (κ3) is 20.9. The van der Waals surface area contributed by atoms with Crippen LogP contribution in [-0.2, 0) is 44.0 Å². The molecule has 151 valence electrons. The molecule has 0 aliphatic carbocycles. The summed E-state index contributed by atoms with van der Waals surface area (Å²) < 4.78 is 41.0. The molecule has 1 aliphatic heterocycles. The summed E-state index contributed by atoms with van der Waals surface area (Å²) in [4.78, 5) is 0. The predicted octanol–water partition coefficient (Wildman–Crippen LogP) is 5.36. The zero-order chi connectivity index (χ0) is 16.1. The molecule has 0 spiro atoms. The summed E-state index contributed by atoms with van der Waals surface area (Å²) >= 11 is 0. The molecule has 0 unspecified atom stereocenters. The first kappa shape index (κ1) is 32.5. The molecule has 0 amide bonds. The number of unbranched alkanes of at least 4 members (excludes halogenated alkanes) is 2. The van der Waals surface area contributed by atoms with E-state index in [2.05, 4.69) is 13.8 Å². The van der Waals surface area contributed by atoms with Gasteiger partial charge >= 0.3 is 33.3 Å². The molecule has 1 rings (SSSR count). The van der Waals surface area contributed by atoms with E-state index in [0.717, 1.165) is 25.7 Å². The van der Waals surface area contributed by atoms with Crippen molar-refractivity contribution >= 4 is 16.5 Å². The van der Waals surface area contributed by atoms with Crippen LogP contribution < -0.4 is 0 Å². The van der Waals surface area contributed by atoms with E-state index < -0.39 is 16.5 Å². The van der Waals surface area contributed by atoms with Crippen LogP contribution in [0.5, 0.6) is 0 Å². The van der Waals surface area contributed by atoms with Gasteiger partial charge in [0.15, 0.2) is 0 Å². The molecule has 24 heavy (non-hydrogen) atoms. The minimum atomic E-state index is -2.18. The largest absolute Gasteiger partial charge is 2.00 e. The topological polar surface area (TPSA) is 71.1 Å². The Morgan fingerprint density at radius 1 is 1.00 bits per heavy atom. The van der Waals surface area contributed by atoms with Crippen molar-refractivity contribution in [1.82, 2.24) is 0 Å². The molecule has 1 saturated heterocycles. The van der Waals surface area contributed by atoms with Gasteiger partial charge in [-0.25, -0.2) is 0 Å². The molecule has 1 radical (unpaired) electrons. The van der Waals surface area contributed by atoms with Crippen LogP contribution in [0.25, 0.3) is 0 Å². The van der Waals surface area contributed by atoms with Crippen LogP contribution in [0.1, 0.15) is 53.4 Å². The van der Waals surface area contributed by atoms with Crippen LogP contribution >= 0.6 is 16.5 Å². The predicted molar refractivity (Wildman–Crippen MR) is 98.2 cm³/mol. The van der Waals surface area contributed by atoms with Gasteiger partial charge in [-0.05, 0) is 12.8 Å². The fourth-order valence-corrected chi connectivity index (χ4v) is 3.04. The number of hydrogen-bond donors (Lipinski definition) is 0. The normalized spacial score (nSPS) is 16.0. The van der Waals surface area contributed by atoms with Gasteiger partial charge < -0.3 is 32.9 Å². The van der Waals surface area contributed by atoms with E-state index >= 15 is 0 Å². The Balaban J connectivity index is -0.000000152. The second kappa shape index (κ2) is 20.1. The summed E-state index contributed by atoms with van der Waals surface area (Å²) in [7, 11) is -4.30. The maximum Gasteiger partial charge on any atom is 2.00 e. The minimum Gasteiger partial charge on any atom is -0.358 e. The van der Waals surface area contributed by atoms with Gasteiger partial charge in [-0.2, -0.15) is 0 Å². The monoisotopic (exact) mass is 433 g/mol. The van der Waals surface area contributed by atoms with E-state index in [9.17, 15) is 9.13 Å². The van der Waals surface area contributed by atoms with Gasteiger partial charge in [-0.15, -0.1) is 0 Å². The van der Waals surface area contributed by atoms with Gasteiger partial charge in [0, 0.05) is 5.41 Å². The van der Waals surface area contributed by atoms with E-state index in [1.54, 1.807) is 0 Å². The van der Waals surface area contributed by atoms with Crippen molar-refractivity contribution in [2.24, 2.45) is 5.41 Å². The molecule has 0 aromatic carbocycles. The van der Waals surface area contributed by atoms with Gasteiger partial charge in [0.2, 0.25) is 0 Å². The number of rotatable bonds is 8. The quantitative estimate of drug-likeness (QED) is 0.292. The fourth-order valence-electron chi connectivity index (χ4n) is 1.23. The average Bonchev–Trinajstić information content (AvgIpc) is 2.44. The molecule has 0 saturated carbocycles. The zero-order valence-electron chi connectivity index (χ0n) is 15.9. The summed E-state index contributed by atoms with van der Waals surface area (Å²) in [5, 5.41) is 0. The van der Waals surface area contributed by atoms with Crippen LogP contribution in [0, 0.1) is 20.3 Å². The molecule has 1 aliphatic rings. The first-order chi connectivity index (χ1) is 9.91. The van der Waals surface area contributed by atoms with E-state index in [4.69, 9.17) is 18.1 Å². The van der Waals surface area contributed by atoms with Crippen molar-refractivity contribution in [3.8, 4) is 0 Å². The summed E-state index contributed by atoms with van der Waals surface area (Å²) in [6.45, 7) is 10.4. The second-order valence-electron chi connectivity index (χ2n) is 5.65. The van der Waals surface area contributed by atoms with Gasteiger partial charge in [0.05, 0.1) is 26.4 Å². The third-order valence-electron chi connectivity index (χ3n) is 2.60. The van der Waals surface area contributed by atoms with Crippen LogP contribution in [0.3, 0.4) is 0 Å². The summed E-state index contributed by atoms with van der Waals surface area (Å²) in [5.74, 6) is 0. The summed E-state index contributed by atoms with van der Waals surface area (Å²) in [5.41, 5.74) is 0.0403. The van der Waals surface area contributed by atoms with Gasteiger partial charge in [0.1, 0.15) is 0 Å². The van der Waals surface area contributed by atoms with Crippen molar-refractivity contribution in [2.75, 3.05) is 26.4 Å². The van der Waals surface area contributed by atoms with Gasteiger partial charge in [-0.1, -0.05) is 40.5 Å². The molecule has 1 heterocycles. The van der Waals surface area contributed by atoms with Crippen LogP contribution in [0.15, 0.2) is 0 Å². The Hall–Kier alpha value is 0.806. The first-order valence-corrected chi connectivity index (χ1v) is 9.95. The standard InChI is InChI=1S/C8H19O3P.C5H11O3P.2CH3.Co/c1-3-5-7-10-12(9)11-8-6-4-2;1-5(2)3-7-9(6)8-4-5;;;/h12H,3-8H2,1-2H3;9H,3-4H2,1-2H3;2*1H3;/q;;2*-1;+2. The average molecular weight is 433 g/mol. The number of hydrogen-bond acceptors (Lipinski definition) is 6. The van der Waals surface area contributed by atoms with Crippen LogP contribution in [-0.4, -0.2) is 26.4 Å². The van der Waals surface area contributed by atoms with E-state index in [-0.39, 0.29) is 37.0 Å². The third-order valence-corrected chi connectivity index (χ3v) is 4.24. The molecule has 0 N–H and O–H groups in total. The van der Waals surface area contributed by atoms with E-state index in [1.165, 1.54) is 0 Å². The van der Waals surface area contributed by atoms with Crippen LogP contribution in [0.4, 0.5) is 0 Å². The van der Waals surface area contributed by atoms with Crippen molar-refractivity contribution in [2.45, 2.75) is 53.4 Å². The zero-order valence-corrected chi connectivity index (χ0v) is 19.0. The Bertz CT molecular complexity index is 292. The molecule has 0 bridgehead atoms. The molecule has 0 atom stereocenters. The minimum absolute atomic E-state index is 0. The Kier molecular flexibility index (Phi) is 27.2. The van der Waals surface area contributed by atoms with Gasteiger partial charge in [-0.3, -0.25) is 9.13 Å². The van der Waals surface area contributed by atoms with Crippen molar-refractivity contribution in [3.63, 3.8) is 0 Å². The summed E-state index contributed by atoms with van der Waals surface area (Å²) in [6, 6.07) is 0. The molecular weight excluding hydrogens is 397 g/mol. The Morgan fingerprint density at radius 2 is 1.38 bits per heavy atom. The molecule has 0 aromatic rings. The molecule has 9 heteroatoms. The maximum absolute atomic E-state index is 10.9.